The van der Waals surface area contributed by atoms with Gasteiger partial charge in [-0.3, -0.25) is 19.4 Å². The lowest BCUT2D eigenvalue weighted by Crippen LogP contribution is -2.49. The topological polar surface area (TPSA) is 95.7 Å². The Morgan fingerprint density at radius 2 is 1.87 bits per heavy atom. The lowest BCUT2D eigenvalue weighted by molar-refractivity contribution is -0.139. The van der Waals surface area contributed by atoms with Crippen LogP contribution in [-0.4, -0.2) is 62.0 Å². The summed E-state index contributed by atoms with van der Waals surface area (Å²) in [4.78, 5) is 47.6. The molecule has 1 N–H and O–H groups in total. The quantitative estimate of drug-likeness (QED) is 0.798. The minimum atomic E-state index is -0.603. The summed E-state index contributed by atoms with van der Waals surface area (Å²) in [6.07, 6.45) is 4.59. The molecule has 162 valence electrons. The number of carbonyl (C=O) groups is 2. The van der Waals surface area contributed by atoms with Crippen LogP contribution in [0.3, 0.4) is 0 Å². The molecule has 0 radical (unpaired) electrons. The molecule has 2 amide bonds. The van der Waals surface area contributed by atoms with Crippen LogP contribution in [0.25, 0.3) is 0 Å². The second kappa shape index (κ2) is 7.92. The smallest absolute Gasteiger partial charge is 0.273 e. The van der Waals surface area contributed by atoms with E-state index in [1.165, 1.54) is 6.07 Å². The summed E-state index contributed by atoms with van der Waals surface area (Å²) in [6.45, 7) is 1.43. The predicted octanol–water partition coefficient (Wildman–Crippen LogP) is 1.06. The van der Waals surface area contributed by atoms with Crippen LogP contribution in [0, 0.1) is 11.8 Å². The largest absolute Gasteiger partial charge is 0.396 e. The van der Waals surface area contributed by atoms with Crippen molar-refractivity contribution in [2.24, 2.45) is 11.8 Å². The molecule has 5 heterocycles. The van der Waals surface area contributed by atoms with Crippen molar-refractivity contribution >= 4 is 11.8 Å². The highest BCUT2D eigenvalue weighted by atomic mass is 16.3. The number of aliphatic hydroxyl groups is 1. The van der Waals surface area contributed by atoms with Gasteiger partial charge in [0, 0.05) is 50.1 Å². The summed E-state index contributed by atoms with van der Waals surface area (Å²) in [5.41, 5.74) is 0.798. The highest BCUT2D eigenvalue weighted by Gasteiger charge is 2.58. The van der Waals surface area contributed by atoms with Gasteiger partial charge in [-0.2, -0.15) is 0 Å². The van der Waals surface area contributed by atoms with Gasteiger partial charge in [-0.15, -0.1) is 0 Å². The van der Waals surface area contributed by atoms with E-state index < -0.39 is 23.9 Å². The molecule has 3 aliphatic heterocycles. The Labute approximate surface area is 180 Å². The van der Waals surface area contributed by atoms with Crippen LogP contribution in [0.2, 0.25) is 0 Å². The third kappa shape index (κ3) is 3.17. The first-order chi connectivity index (χ1) is 15.1. The molecule has 2 saturated heterocycles. The number of hydrogen-bond donors (Lipinski definition) is 1. The zero-order valence-electron chi connectivity index (χ0n) is 17.3. The number of aromatic nitrogens is 2. The van der Waals surface area contributed by atoms with Crippen molar-refractivity contribution in [3.8, 4) is 0 Å². The number of rotatable bonds is 3. The zero-order chi connectivity index (χ0) is 21.5. The lowest BCUT2D eigenvalue weighted by Gasteiger charge is -2.38. The maximum Gasteiger partial charge on any atom is 0.273 e. The molecule has 3 aliphatic rings. The van der Waals surface area contributed by atoms with E-state index in [-0.39, 0.29) is 30.5 Å². The molecule has 31 heavy (non-hydrogen) atoms. The molecule has 5 rings (SSSR count). The van der Waals surface area contributed by atoms with E-state index in [1.807, 2.05) is 11.0 Å². The maximum absolute atomic E-state index is 13.7. The van der Waals surface area contributed by atoms with Gasteiger partial charge in [-0.25, -0.2) is 0 Å². The van der Waals surface area contributed by atoms with Gasteiger partial charge in [0.2, 0.25) is 5.91 Å². The van der Waals surface area contributed by atoms with Crippen LogP contribution in [0.5, 0.6) is 0 Å². The average molecular weight is 422 g/mol. The average Bonchev–Trinajstić information content (AvgIpc) is 3.06. The summed E-state index contributed by atoms with van der Waals surface area (Å²) in [6, 6.07) is 9.09. The molecule has 4 atom stereocenters. The normalized spacial score (nSPS) is 27.1. The first kappa shape index (κ1) is 19.9. The SMILES string of the molecule is O=C([C@H]1[C@H](CO)[C@H]2Cn3c(cccc3=O)[C@@H]1N2C(=O)c1ccccn1)N1CCCCC1. The Morgan fingerprint density at radius 1 is 1.06 bits per heavy atom. The zero-order valence-corrected chi connectivity index (χ0v) is 17.3. The van der Waals surface area contributed by atoms with Crippen molar-refractivity contribution in [3.63, 3.8) is 0 Å². The molecule has 0 unspecified atom stereocenters. The first-order valence-electron chi connectivity index (χ1n) is 10.9. The van der Waals surface area contributed by atoms with Gasteiger partial charge in [0.25, 0.3) is 11.5 Å². The van der Waals surface area contributed by atoms with E-state index in [0.29, 0.717) is 24.5 Å². The van der Waals surface area contributed by atoms with Gasteiger partial charge in [-0.1, -0.05) is 12.1 Å². The Morgan fingerprint density at radius 3 is 2.58 bits per heavy atom. The van der Waals surface area contributed by atoms with Crippen molar-refractivity contribution in [2.45, 2.75) is 37.9 Å². The van der Waals surface area contributed by atoms with Gasteiger partial charge in [-0.05, 0) is 37.5 Å². The van der Waals surface area contributed by atoms with Gasteiger partial charge in [0.05, 0.1) is 18.0 Å². The number of nitrogens with zero attached hydrogens (tertiary/aromatic N) is 4. The summed E-state index contributed by atoms with van der Waals surface area (Å²) in [5, 5.41) is 10.3. The van der Waals surface area contributed by atoms with E-state index in [4.69, 9.17) is 0 Å². The number of carbonyl (C=O) groups excluding carboxylic acids is 2. The highest BCUT2D eigenvalue weighted by molar-refractivity contribution is 5.94. The van der Waals surface area contributed by atoms with Crippen LogP contribution in [0.1, 0.15) is 41.5 Å². The van der Waals surface area contributed by atoms with Crippen LogP contribution in [0.15, 0.2) is 47.4 Å². The molecule has 8 heteroatoms. The molecule has 0 aromatic carbocycles. The van der Waals surface area contributed by atoms with Crippen LogP contribution < -0.4 is 5.56 Å². The Kier molecular flexibility index (Phi) is 5.09. The van der Waals surface area contributed by atoms with Crippen LogP contribution in [0.4, 0.5) is 0 Å². The second-order valence-corrected chi connectivity index (χ2v) is 8.60. The number of amides is 2. The number of fused-ring (bicyclic) bond motifs is 4. The summed E-state index contributed by atoms with van der Waals surface area (Å²) < 4.78 is 1.66. The molecule has 2 aromatic rings. The van der Waals surface area contributed by atoms with Crippen molar-refractivity contribution in [1.29, 1.82) is 0 Å². The lowest BCUT2D eigenvalue weighted by atomic mass is 9.85. The fraction of sp³-hybridized carbons (Fsp3) is 0.478. The predicted molar refractivity (Wildman–Crippen MR) is 112 cm³/mol. The van der Waals surface area contributed by atoms with E-state index >= 15 is 0 Å². The standard InChI is InChI=1S/C23H26N4O4/c28-14-15-18-13-26-17(8-6-9-19(26)29)21(20(15)23(31)25-11-4-1-5-12-25)27(18)22(30)16-7-2-3-10-24-16/h2-3,6-10,15,18,20-21,28H,1,4-5,11-14H2/t15-,18-,20+,21+/m1/s1. The molecule has 0 spiro atoms. The van der Waals surface area contributed by atoms with E-state index in [0.717, 1.165) is 19.3 Å². The van der Waals surface area contributed by atoms with Gasteiger partial charge >= 0.3 is 0 Å². The van der Waals surface area contributed by atoms with Crippen LogP contribution in [-0.2, 0) is 11.3 Å². The molecule has 8 nitrogen and oxygen atoms in total. The molecule has 0 saturated carbocycles. The molecular weight excluding hydrogens is 396 g/mol. The van der Waals surface area contributed by atoms with Crippen molar-refractivity contribution in [2.75, 3.05) is 19.7 Å². The Balaban J connectivity index is 1.62. The fourth-order valence-corrected chi connectivity index (χ4v) is 5.56. The van der Waals surface area contributed by atoms with E-state index in [2.05, 4.69) is 4.98 Å². The van der Waals surface area contributed by atoms with E-state index in [9.17, 15) is 19.5 Å². The van der Waals surface area contributed by atoms with E-state index in [1.54, 1.807) is 39.9 Å². The summed E-state index contributed by atoms with van der Waals surface area (Å²) in [7, 11) is 0. The van der Waals surface area contributed by atoms with Gasteiger partial charge < -0.3 is 19.5 Å². The summed E-state index contributed by atoms with van der Waals surface area (Å²) in [5.74, 6) is -1.33. The third-order valence-electron chi connectivity index (χ3n) is 6.99. The monoisotopic (exact) mass is 422 g/mol. The number of aliphatic hydroxyl groups excluding tert-OH is 1. The van der Waals surface area contributed by atoms with Crippen molar-refractivity contribution < 1.29 is 14.7 Å². The molecule has 0 aliphatic carbocycles. The van der Waals surface area contributed by atoms with Gasteiger partial charge in [0.15, 0.2) is 0 Å². The van der Waals surface area contributed by atoms with Crippen molar-refractivity contribution in [3.05, 3.63) is 64.3 Å². The molecule has 2 fully saturated rings. The number of pyridine rings is 2. The maximum atomic E-state index is 13.7. The van der Waals surface area contributed by atoms with Crippen LogP contribution >= 0.6 is 0 Å². The highest BCUT2D eigenvalue weighted by Crippen LogP contribution is 2.49. The number of piperidine rings is 1. The molecule has 2 aromatic heterocycles. The molecular formula is C23H26N4O4. The Hall–Kier alpha value is -3.00. The molecule has 2 bridgehead atoms. The second-order valence-electron chi connectivity index (χ2n) is 8.60. The van der Waals surface area contributed by atoms with Gasteiger partial charge in [0.1, 0.15) is 5.69 Å². The fourth-order valence-electron chi connectivity index (χ4n) is 5.56. The Bertz CT molecular complexity index is 1050. The first-order valence-corrected chi connectivity index (χ1v) is 10.9. The number of hydrogen-bond acceptors (Lipinski definition) is 5. The van der Waals surface area contributed by atoms with Crippen molar-refractivity contribution in [1.82, 2.24) is 19.4 Å². The number of likely N-dealkylation sites (tertiary alicyclic amines) is 1. The third-order valence-corrected chi connectivity index (χ3v) is 6.99. The summed E-state index contributed by atoms with van der Waals surface area (Å²) >= 11 is 0. The minimum Gasteiger partial charge on any atom is -0.396 e. The minimum absolute atomic E-state index is 0.0326.